The molecular weight excluding hydrogens is 422 g/mol. The van der Waals surface area contributed by atoms with Crippen LogP contribution in [0.15, 0.2) is 24.3 Å². The molecular formula is C22H26BrNO4. The van der Waals surface area contributed by atoms with E-state index < -0.39 is 11.5 Å². The number of anilines is 1. The molecule has 0 aliphatic heterocycles. The number of benzene rings is 1. The Labute approximate surface area is 173 Å². The summed E-state index contributed by atoms with van der Waals surface area (Å²) in [5.74, 6) is 0.470. The van der Waals surface area contributed by atoms with Gasteiger partial charge in [0.15, 0.2) is 11.9 Å². The normalized spacial score (nSPS) is 34.0. The first kappa shape index (κ1) is 19.6. The molecule has 6 heteroatoms. The lowest BCUT2D eigenvalue weighted by molar-refractivity contribution is -0.175. The van der Waals surface area contributed by atoms with Gasteiger partial charge in [-0.05, 0) is 76.3 Å². The minimum absolute atomic E-state index is 0.0642. The lowest BCUT2D eigenvalue weighted by Gasteiger charge is -2.58. The predicted octanol–water partition coefficient (Wildman–Crippen LogP) is 4.49. The number of carbonyl (C=O) groups is 3. The second kappa shape index (κ2) is 6.97. The van der Waals surface area contributed by atoms with Gasteiger partial charge in [0.1, 0.15) is 0 Å². The van der Waals surface area contributed by atoms with E-state index in [9.17, 15) is 14.4 Å². The molecule has 5 nitrogen and oxygen atoms in total. The Morgan fingerprint density at radius 3 is 2.46 bits per heavy atom. The van der Waals surface area contributed by atoms with Crippen LogP contribution in [0.3, 0.4) is 0 Å². The second-order valence-electron chi connectivity index (χ2n) is 9.07. The number of esters is 1. The van der Waals surface area contributed by atoms with Gasteiger partial charge in [0.05, 0.1) is 5.41 Å². The van der Waals surface area contributed by atoms with Crippen molar-refractivity contribution in [1.82, 2.24) is 0 Å². The number of nitrogens with one attached hydrogen (secondary N) is 1. The van der Waals surface area contributed by atoms with Gasteiger partial charge in [0.2, 0.25) is 0 Å². The van der Waals surface area contributed by atoms with E-state index in [1.165, 1.54) is 13.3 Å². The van der Waals surface area contributed by atoms with E-state index in [2.05, 4.69) is 21.2 Å². The number of hydrogen-bond donors (Lipinski definition) is 1. The van der Waals surface area contributed by atoms with Gasteiger partial charge in [0, 0.05) is 15.6 Å². The SMILES string of the molecule is CC(=O)c1cccc(NC(=O)[C@@H](C)OC(=O)C23C[C@H]4C[C@@H](CC(Br)(C4)C2)C3)c1. The quantitative estimate of drug-likeness (QED) is 0.409. The van der Waals surface area contributed by atoms with Crippen LogP contribution in [0, 0.1) is 17.3 Å². The first-order chi connectivity index (χ1) is 13.2. The number of halogens is 1. The molecule has 4 bridgehead atoms. The number of hydrogen-bond acceptors (Lipinski definition) is 4. The zero-order valence-electron chi connectivity index (χ0n) is 16.3. The highest BCUT2D eigenvalue weighted by Crippen LogP contribution is 2.64. The molecule has 1 aromatic carbocycles. The molecule has 0 heterocycles. The lowest BCUT2D eigenvalue weighted by Crippen LogP contribution is -2.56. The summed E-state index contributed by atoms with van der Waals surface area (Å²) in [5.41, 5.74) is 0.602. The average molecular weight is 448 g/mol. The molecule has 0 radical (unpaired) electrons. The minimum atomic E-state index is -0.882. The lowest BCUT2D eigenvalue weighted by atomic mass is 9.49. The summed E-state index contributed by atoms with van der Waals surface area (Å²) < 4.78 is 5.72. The van der Waals surface area contributed by atoms with Gasteiger partial charge in [-0.3, -0.25) is 14.4 Å². The van der Waals surface area contributed by atoms with Crippen molar-refractivity contribution in [1.29, 1.82) is 0 Å². The molecule has 3 atom stereocenters. The maximum Gasteiger partial charge on any atom is 0.312 e. The van der Waals surface area contributed by atoms with Gasteiger partial charge in [-0.15, -0.1) is 0 Å². The predicted molar refractivity (Wildman–Crippen MR) is 109 cm³/mol. The van der Waals surface area contributed by atoms with Crippen LogP contribution in [0.5, 0.6) is 0 Å². The van der Waals surface area contributed by atoms with Crippen LogP contribution in [0.4, 0.5) is 5.69 Å². The summed E-state index contributed by atoms with van der Waals surface area (Å²) >= 11 is 3.90. The van der Waals surface area contributed by atoms with Crippen LogP contribution in [0.2, 0.25) is 0 Å². The largest absolute Gasteiger partial charge is 0.452 e. The molecule has 0 spiro atoms. The highest BCUT2D eigenvalue weighted by atomic mass is 79.9. The second-order valence-corrected chi connectivity index (χ2v) is 10.7. The van der Waals surface area contributed by atoms with Crippen molar-refractivity contribution >= 4 is 39.3 Å². The van der Waals surface area contributed by atoms with Crippen LogP contribution in [-0.2, 0) is 14.3 Å². The van der Waals surface area contributed by atoms with Crippen LogP contribution in [-0.4, -0.2) is 28.1 Å². The molecule has 150 valence electrons. The molecule has 1 amide bonds. The van der Waals surface area contributed by atoms with E-state index >= 15 is 0 Å². The summed E-state index contributed by atoms with van der Waals surface area (Å²) in [7, 11) is 0. The fourth-order valence-corrected chi connectivity index (χ4v) is 7.24. The van der Waals surface area contributed by atoms with Gasteiger partial charge in [0.25, 0.3) is 5.91 Å². The number of amides is 1. The van der Waals surface area contributed by atoms with Gasteiger partial charge in [-0.25, -0.2) is 0 Å². The van der Waals surface area contributed by atoms with E-state index in [-0.39, 0.29) is 22.0 Å². The van der Waals surface area contributed by atoms with E-state index in [4.69, 9.17) is 4.74 Å². The minimum Gasteiger partial charge on any atom is -0.452 e. The summed E-state index contributed by atoms with van der Waals surface area (Å²) in [4.78, 5) is 37.1. The Morgan fingerprint density at radius 1 is 1.18 bits per heavy atom. The Bertz CT molecular complexity index is 822. The van der Waals surface area contributed by atoms with Crippen LogP contribution in [0.25, 0.3) is 0 Å². The molecule has 4 fully saturated rings. The van der Waals surface area contributed by atoms with Crippen LogP contribution >= 0.6 is 15.9 Å². The first-order valence-corrected chi connectivity index (χ1v) is 10.8. The Balaban J connectivity index is 1.41. The van der Waals surface area contributed by atoms with Crippen molar-refractivity contribution < 1.29 is 19.1 Å². The van der Waals surface area contributed by atoms with Gasteiger partial charge in [-0.2, -0.15) is 0 Å². The summed E-state index contributed by atoms with van der Waals surface area (Å²) in [6, 6.07) is 6.76. The van der Waals surface area contributed by atoms with Crippen molar-refractivity contribution in [2.24, 2.45) is 17.3 Å². The average Bonchev–Trinajstić information content (AvgIpc) is 2.59. The number of rotatable bonds is 5. The van der Waals surface area contributed by atoms with Crippen LogP contribution < -0.4 is 5.32 Å². The Kier molecular flexibility index (Phi) is 4.89. The monoisotopic (exact) mass is 447 g/mol. The highest BCUT2D eigenvalue weighted by Gasteiger charge is 2.60. The van der Waals surface area contributed by atoms with Crippen molar-refractivity contribution in [2.45, 2.75) is 62.8 Å². The molecule has 0 unspecified atom stereocenters. The topological polar surface area (TPSA) is 72.5 Å². The first-order valence-electron chi connectivity index (χ1n) is 10.00. The number of ketones is 1. The van der Waals surface area contributed by atoms with Crippen LogP contribution in [0.1, 0.15) is 62.7 Å². The highest BCUT2D eigenvalue weighted by molar-refractivity contribution is 9.10. The number of alkyl halides is 1. The number of Topliss-reactive ketones (excluding diaryl/α,β-unsaturated/α-hetero) is 1. The molecule has 4 aliphatic rings. The fraction of sp³-hybridized carbons (Fsp3) is 0.591. The molecule has 4 aliphatic carbocycles. The van der Waals surface area contributed by atoms with Crippen molar-refractivity contribution in [2.75, 3.05) is 5.32 Å². The maximum absolute atomic E-state index is 13.1. The molecule has 28 heavy (non-hydrogen) atoms. The molecule has 5 rings (SSSR count). The fourth-order valence-electron chi connectivity index (χ4n) is 5.79. The third kappa shape index (κ3) is 3.63. The summed E-state index contributed by atoms with van der Waals surface area (Å²) in [6.07, 6.45) is 5.18. The summed E-state index contributed by atoms with van der Waals surface area (Å²) in [6.45, 7) is 3.08. The van der Waals surface area contributed by atoms with E-state index in [1.54, 1.807) is 31.2 Å². The Hall–Kier alpha value is -1.69. The zero-order valence-corrected chi connectivity index (χ0v) is 17.9. The van der Waals surface area contributed by atoms with Gasteiger partial charge >= 0.3 is 5.97 Å². The number of carbonyl (C=O) groups excluding carboxylic acids is 3. The van der Waals surface area contributed by atoms with Gasteiger partial charge < -0.3 is 10.1 Å². The molecule has 4 saturated carbocycles. The standard InChI is InChI=1S/C22H26BrNO4/c1-13(25)17-4-3-5-18(7-17)24-19(26)14(2)28-20(27)21-8-15-6-16(9-21)11-22(23,10-15)12-21/h3-5,7,14-16H,6,8-12H2,1-2H3,(H,24,26)/t14-,15-,16-,21?,22?/m1/s1. The third-order valence-corrected chi connectivity index (χ3v) is 7.54. The molecule has 0 aromatic heterocycles. The van der Waals surface area contributed by atoms with E-state index in [0.29, 0.717) is 23.1 Å². The Morgan fingerprint density at radius 2 is 1.86 bits per heavy atom. The smallest absolute Gasteiger partial charge is 0.312 e. The van der Waals surface area contributed by atoms with Crippen molar-refractivity contribution in [3.05, 3.63) is 29.8 Å². The van der Waals surface area contributed by atoms with Gasteiger partial charge in [-0.1, -0.05) is 28.1 Å². The number of ether oxygens (including phenoxy) is 1. The van der Waals surface area contributed by atoms with Crippen molar-refractivity contribution in [3.8, 4) is 0 Å². The maximum atomic E-state index is 13.1. The third-order valence-electron chi connectivity index (χ3n) is 6.61. The molecule has 1 aromatic rings. The summed E-state index contributed by atoms with van der Waals surface area (Å²) in [5, 5.41) is 2.75. The van der Waals surface area contributed by atoms with E-state index in [0.717, 1.165) is 32.1 Å². The van der Waals surface area contributed by atoms with Crippen molar-refractivity contribution in [3.63, 3.8) is 0 Å². The molecule has 0 saturated heterocycles. The zero-order chi connectivity index (χ0) is 20.1. The molecule has 1 N–H and O–H groups in total. The van der Waals surface area contributed by atoms with E-state index in [1.807, 2.05) is 0 Å².